The van der Waals surface area contributed by atoms with Crippen LogP contribution in [0.3, 0.4) is 0 Å². The molecule has 0 aliphatic rings. The molecule has 5 heteroatoms. The van der Waals surface area contributed by atoms with Gasteiger partial charge >= 0.3 is 5.97 Å². The van der Waals surface area contributed by atoms with Crippen molar-refractivity contribution in [1.29, 1.82) is 0 Å². The molecule has 0 amide bonds. The summed E-state index contributed by atoms with van der Waals surface area (Å²) in [5.41, 5.74) is 0.490. The lowest BCUT2D eigenvalue weighted by molar-refractivity contribution is 0.0599. The van der Waals surface area contributed by atoms with E-state index in [2.05, 4.69) is 23.9 Å². The van der Waals surface area contributed by atoms with E-state index in [9.17, 15) is 4.79 Å². The fourth-order valence-electron chi connectivity index (χ4n) is 1.77. The molecule has 0 atom stereocenters. The molecule has 1 rings (SSSR count). The van der Waals surface area contributed by atoms with Crippen LogP contribution < -0.4 is 5.32 Å². The Balaban J connectivity index is 2.21. The Kier molecular flexibility index (Phi) is 7.33. The largest absolute Gasteiger partial charge is 0.465 e. The molecular weight excluding hydrogens is 258 g/mol. The lowest BCUT2D eigenvalue weighted by Gasteiger charge is -2.06. The summed E-state index contributed by atoms with van der Waals surface area (Å²) in [6, 6.07) is 1.73. The minimum Gasteiger partial charge on any atom is -0.465 e. The highest BCUT2D eigenvalue weighted by Crippen LogP contribution is 2.15. The monoisotopic (exact) mass is 283 g/mol. The normalized spacial score (nSPS) is 11.1. The maximum Gasteiger partial charge on any atom is 0.341 e. The number of carbonyl (C=O) groups excluding carboxylic acids is 1. The zero-order valence-electron chi connectivity index (χ0n) is 12.8. The van der Waals surface area contributed by atoms with E-state index < -0.39 is 0 Å². The van der Waals surface area contributed by atoms with Gasteiger partial charge in [0.05, 0.1) is 13.7 Å². The lowest BCUT2D eigenvalue weighted by atomic mass is 10.2. The van der Waals surface area contributed by atoms with Gasteiger partial charge in [-0.3, -0.25) is 0 Å². The van der Waals surface area contributed by atoms with E-state index in [1.807, 2.05) is 0 Å². The topological polar surface area (TPSA) is 60.7 Å². The minimum absolute atomic E-state index is 0.361. The number of methoxy groups -OCH3 is 1. The fourth-order valence-corrected chi connectivity index (χ4v) is 1.77. The van der Waals surface area contributed by atoms with E-state index in [-0.39, 0.29) is 5.97 Å². The minimum atomic E-state index is -0.361. The number of hydrogen-bond acceptors (Lipinski definition) is 5. The number of nitrogens with one attached hydrogen (secondary N) is 1. The summed E-state index contributed by atoms with van der Waals surface area (Å²) >= 11 is 0. The third kappa shape index (κ3) is 5.75. The standard InChI is InChI=1S/C15H25NO4/c1-11(2)10-19-7-5-6-16-9-13-8-14(12(3)20-13)15(17)18-4/h8,11,16H,5-7,9-10H2,1-4H3. The fraction of sp³-hybridized carbons (Fsp3) is 0.667. The summed E-state index contributed by atoms with van der Waals surface area (Å²) in [6.45, 7) is 9.05. The molecule has 114 valence electrons. The quantitative estimate of drug-likeness (QED) is 0.557. The van der Waals surface area contributed by atoms with Crippen LogP contribution in [0.1, 0.15) is 42.1 Å². The van der Waals surface area contributed by atoms with Crippen LogP contribution in [-0.4, -0.2) is 32.8 Å². The Labute approximate surface area is 120 Å². The third-order valence-corrected chi connectivity index (χ3v) is 2.77. The molecule has 5 nitrogen and oxygen atoms in total. The lowest BCUT2D eigenvalue weighted by Crippen LogP contribution is -2.16. The average molecular weight is 283 g/mol. The molecule has 0 aliphatic heterocycles. The van der Waals surface area contributed by atoms with Crippen molar-refractivity contribution in [2.45, 2.75) is 33.7 Å². The van der Waals surface area contributed by atoms with Crippen LogP contribution in [0.15, 0.2) is 10.5 Å². The van der Waals surface area contributed by atoms with Gasteiger partial charge in [0.2, 0.25) is 0 Å². The molecular formula is C15H25NO4. The Bertz CT molecular complexity index is 412. The molecule has 0 spiro atoms. The molecule has 0 saturated carbocycles. The van der Waals surface area contributed by atoms with Crippen LogP contribution in [0.4, 0.5) is 0 Å². The average Bonchev–Trinajstić information content (AvgIpc) is 2.77. The van der Waals surface area contributed by atoms with Gasteiger partial charge in [0.25, 0.3) is 0 Å². The number of hydrogen-bond donors (Lipinski definition) is 1. The molecule has 1 aromatic heterocycles. The molecule has 1 heterocycles. The molecule has 20 heavy (non-hydrogen) atoms. The summed E-state index contributed by atoms with van der Waals surface area (Å²) in [6.07, 6.45) is 0.955. The van der Waals surface area contributed by atoms with Gasteiger partial charge in [-0.2, -0.15) is 0 Å². The Hall–Kier alpha value is -1.33. The first-order chi connectivity index (χ1) is 9.54. The van der Waals surface area contributed by atoms with Crippen molar-refractivity contribution in [1.82, 2.24) is 5.32 Å². The molecule has 0 bridgehead atoms. The van der Waals surface area contributed by atoms with Gasteiger partial charge in [-0.05, 0) is 31.9 Å². The molecule has 1 N–H and O–H groups in total. The molecule has 0 saturated heterocycles. The van der Waals surface area contributed by atoms with Crippen LogP contribution in [0.5, 0.6) is 0 Å². The van der Waals surface area contributed by atoms with E-state index in [0.717, 1.165) is 31.9 Å². The van der Waals surface area contributed by atoms with Crippen molar-refractivity contribution in [2.24, 2.45) is 5.92 Å². The van der Waals surface area contributed by atoms with E-state index in [1.165, 1.54) is 7.11 Å². The molecule has 0 aromatic carbocycles. The van der Waals surface area contributed by atoms with Crippen LogP contribution in [0.25, 0.3) is 0 Å². The van der Waals surface area contributed by atoms with Crippen molar-refractivity contribution < 1.29 is 18.7 Å². The van der Waals surface area contributed by atoms with Crippen molar-refractivity contribution in [3.8, 4) is 0 Å². The second-order valence-electron chi connectivity index (χ2n) is 5.17. The number of rotatable bonds is 9. The summed E-state index contributed by atoms with van der Waals surface area (Å²) in [4.78, 5) is 11.4. The molecule has 0 aliphatic carbocycles. The highest BCUT2D eigenvalue weighted by atomic mass is 16.5. The summed E-state index contributed by atoms with van der Waals surface area (Å²) in [5.74, 6) is 1.55. The van der Waals surface area contributed by atoms with E-state index >= 15 is 0 Å². The Morgan fingerprint density at radius 2 is 2.20 bits per heavy atom. The van der Waals surface area contributed by atoms with Crippen LogP contribution >= 0.6 is 0 Å². The van der Waals surface area contributed by atoms with Gasteiger partial charge < -0.3 is 19.2 Å². The highest BCUT2D eigenvalue weighted by Gasteiger charge is 2.14. The van der Waals surface area contributed by atoms with Gasteiger partial charge in [0.1, 0.15) is 17.1 Å². The van der Waals surface area contributed by atoms with Crippen LogP contribution in [0, 0.1) is 12.8 Å². The number of carbonyl (C=O) groups is 1. The smallest absolute Gasteiger partial charge is 0.341 e. The summed E-state index contributed by atoms with van der Waals surface area (Å²) < 4.78 is 15.7. The van der Waals surface area contributed by atoms with Gasteiger partial charge in [0, 0.05) is 13.2 Å². The maximum atomic E-state index is 11.4. The third-order valence-electron chi connectivity index (χ3n) is 2.77. The number of aryl methyl sites for hydroxylation is 1. The van der Waals surface area contributed by atoms with Gasteiger partial charge in [-0.25, -0.2) is 4.79 Å². The van der Waals surface area contributed by atoms with Crippen molar-refractivity contribution in [2.75, 3.05) is 26.9 Å². The van der Waals surface area contributed by atoms with Crippen LogP contribution in [0.2, 0.25) is 0 Å². The molecule has 0 fully saturated rings. The molecule has 1 aromatic rings. The highest BCUT2D eigenvalue weighted by molar-refractivity contribution is 5.90. The zero-order valence-corrected chi connectivity index (χ0v) is 12.8. The predicted octanol–water partition coefficient (Wildman–Crippen LogP) is 2.53. The first-order valence-electron chi connectivity index (χ1n) is 7.00. The number of furan rings is 1. The zero-order chi connectivity index (χ0) is 15.0. The predicted molar refractivity (Wildman–Crippen MR) is 76.8 cm³/mol. The first kappa shape index (κ1) is 16.7. The second-order valence-corrected chi connectivity index (χ2v) is 5.17. The number of ether oxygens (including phenoxy) is 2. The van der Waals surface area contributed by atoms with Crippen molar-refractivity contribution >= 4 is 5.97 Å². The summed E-state index contributed by atoms with van der Waals surface area (Å²) in [5, 5.41) is 3.26. The SMILES string of the molecule is COC(=O)c1cc(CNCCCOCC(C)C)oc1C. The van der Waals surface area contributed by atoms with Gasteiger partial charge in [-0.1, -0.05) is 13.8 Å². The van der Waals surface area contributed by atoms with Crippen molar-refractivity contribution in [3.63, 3.8) is 0 Å². The van der Waals surface area contributed by atoms with Gasteiger partial charge in [-0.15, -0.1) is 0 Å². The number of esters is 1. The molecule has 0 unspecified atom stereocenters. The first-order valence-corrected chi connectivity index (χ1v) is 7.00. The molecule has 0 radical (unpaired) electrons. The Morgan fingerprint density at radius 1 is 1.45 bits per heavy atom. The second kappa shape index (κ2) is 8.76. The van der Waals surface area contributed by atoms with Crippen molar-refractivity contribution in [3.05, 3.63) is 23.2 Å². The van der Waals surface area contributed by atoms with E-state index in [0.29, 0.717) is 23.8 Å². The van der Waals surface area contributed by atoms with Gasteiger partial charge in [0.15, 0.2) is 0 Å². The van der Waals surface area contributed by atoms with E-state index in [4.69, 9.17) is 9.15 Å². The van der Waals surface area contributed by atoms with Crippen LogP contribution in [-0.2, 0) is 16.0 Å². The summed E-state index contributed by atoms with van der Waals surface area (Å²) in [7, 11) is 1.36. The Morgan fingerprint density at radius 3 is 2.85 bits per heavy atom. The maximum absolute atomic E-state index is 11.4. The van der Waals surface area contributed by atoms with E-state index in [1.54, 1.807) is 13.0 Å².